The first kappa shape index (κ1) is 19.9. The van der Waals surface area contributed by atoms with Gasteiger partial charge in [0.25, 0.3) is 5.91 Å². The fourth-order valence-corrected chi connectivity index (χ4v) is 4.73. The van der Waals surface area contributed by atoms with Gasteiger partial charge in [0.1, 0.15) is 5.75 Å². The minimum atomic E-state index is -0.0215. The zero-order valence-corrected chi connectivity index (χ0v) is 17.1. The lowest BCUT2D eigenvalue weighted by atomic mass is 9.75. The highest BCUT2D eigenvalue weighted by Gasteiger charge is 2.35. The molecule has 1 N–H and O–H groups in total. The summed E-state index contributed by atoms with van der Waals surface area (Å²) in [5.74, 6) is 0.675. The molecule has 4 rings (SSSR count). The lowest BCUT2D eigenvalue weighted by Crippen LogP contribution is -2.49. The van der Waals surface area contributed by atoms with Crippen LogP contribution in [0.2, 0.25) is 0 Å². The number of piperidine rings is 1. The van der Waals surface area contributed by atoms with Gasteiger partial charge in [-0.15, -0.1) is 0 Å². The number of carbonyl (C=O) groups excluding carboxylic acids is 1. The van der Waals surface area contributed by atoms with E-state index in [1.54, 1.807) is 0 Å². The number of fused-ring (bicyclic) bond motifs is 1. The van der Waals surface area contributed by atoms with Crippen LogP contribution < -0.4 is 10.1 Å². The van der Waals surface area contributed by atoms with Crippen molar-refractivity contribution in [3.63, 3.8) is 0 Å². The maximum Gasteiger partial charge on any atom is 0.255 e. The minimum Gasteiger partial charge on any atom is -0.493 e. The maximum absolute atomic E-state index is 12.9. The van der Waals surface area contributed by atoms with Gasteiger partial charge in [-0.25, -0.2) is 0 Å². The van der Waals surface area contributed by atoms with Gasteiger partial charge in [0.2, 0.25) is 0 Å². The molecule has 5 nitrogen and oxygen atoms in total. The summed E-state index contributed by atoms with van der Waals surface area (Å²) >= 11 is 0. The Labute approximate surface area is 173 Å². The van der Waals surface area contributed by atoms with E-state index in [1.165, 1.54) is 31.2 Å². The Balaban J connectivity index is 1.49. The summed E-state index contributed by atoms with van der Waals surface area (Å²) < 4.78 is 5.88. The maximum atomic E-state index is 12.9. The van der Waals surface area contributed by atoms with Gasteiger partial charge in [0, 0.05) is 37.4 Å². The van der Waals surface area contributed by atoms with Crippen LogP contribution in [0, 0.1) is 5.41 Å². The van der Waals surface area contributed by atoms with Crippen LogP contribution in [0.5, 0.6) is 5.75 Å². The molecule has 3 heterocycles. The van der Waals surface area contributed by atoms with E-state index in [4.69, 9.17) is 4.74 Å². The molecule has 0 saturated carbocycles. The van der Waals surface area contributed by atoms with E-state index >= 15 is 0 Å². The standard InChI is InChI=1S/C24H31N3O2/c28-23-21-7-2-3-8-22(21)29-16-5-1-4-11-24(18-26-23)12-6-15-27(19-24)17-20-9-13-25-14-10-20/h2-3,7-10,13-14H,1,4-6,11-12,15-19H2,(H,26,28). The largest absolute Gasteiger partial charge is 0.493 e. The molecule has 1 atom stereocenters. The van der Waals surface area contributed by atoms with Gasteiger partial charge in [0.15, 0.2) is 0 Å². The summed E-state index contributed by atoms with van der Waals surface area (Å²) in [6.45, 7) is 4.51. The van der Waals surface area contributed by atoms with Gasteiger partial charge in [0.05, 0.1) is 12.2 Å². The van der Waals surface area contributed by atoms with Gasteiger partial charge in [-0.3, -0.25) is 14.7 Å². The number of benzene rings is 1. The number of amides is 1. The number of nitrogens with zero attached hydrogens (tertiary/aromatic N) is 2. The van der Waals surface area contributed by atoms with Gasteiger partial charge in [-0.1, -0.05) is 25.0 Å². The van der Waals surface area contributed by atoms with Crippen LogP contribution in [0.1, 0.15) is 54.4 Å². The van der Waals surface area contributed by atoms with Crippen molar-refractivity contribution in [2.45, 2.75) is 45.1 Å². The number of hydrogen-bond donors (Lipinski definition) is 1. The predicted octanol–water partition coefficient (Wildman–Crippen LogP) is 4.05. The number of aromatic nitrogens is 1. The van der Waals surface area contributed by atoms with Crippen molar-refractivity contribution in [1.82, 2.24) is 15.2 Å². The van der Waals surface area contributed by atoms with Crippen LogP contribution in [0.25, 0.3) is 0 Å². The van der Waals surface area contributed by atoms with Gasteiger partial charge in [-0.05, 0) is 62.1 Å². The quantitative estimate of drug-likeness (QED) is 0.836. The molecular formula is C24H31N3O2. The van der Waals surface area contributed by atoms with Crippen molar-refractivity contribution in [3.05, 3.63) is 59.9 Å². The van der Waals surface area contributed by atoms with Crippen LogP contribution in [0.3, 0.4) is 0 Å². The Morgan fingerprint density at radius 2 is 1.86 bits per heavy atom. The number of likely N-dealkylation sites (tertiary alicyclic amines) is 1. The molecule has 0 aliphatic carbocycles. The number of carbonyl (C=O) groups is 1. The summed E-state index contributed by atoms with van der Waals surface area (Å²) in [5.41, 5.74) is 2.10. The van der Waals surface area contributed by atoms with E-state index in [-0.39, 0.29) is 11.3 Å². The van der Waals surface area contributed by atoms with E-state index in [1.807, 2.05) is 36.7 Å². The van der Waals surface area contributed by atoms with E-state index in [2.05, 4.69) is 27.3 Å². The fraction of sp³-hybridized carbons (Fsp3) is 0.500. The topological polar surface area (TPSA) is 54.5 Å². The molecule has 29 heavy (non-hydrogen) atoms. The van der Waals surface area contributed by atoms with Crippen molar-refractivity contribution >= 4 is 5.91 Å². The monoisotopic (exact) mass is 393 g/mol. The van der Waals surface area contributed by atoms with Crippen LogP contribution in [0.4, 0.5) is 0 Å². The first-order chi connectivity index (χ1) is 14.2. The summed E-state index contributed by atoms with van der Waals surface area (Å²) in [6, 6.07) is 11.8. The number of ether oxygens (including phenoxy) is 1. The van der Waals surface area contributed by atoms with Crippen LogP contribution in [0.15, 0.2) is 48.8 Å². The third-order valence-electron chi connectivity index (χ3n) is 6.26. The molecule has 2 aliphatic heterocycles. The number of pyridine rings is 1. The lowest BCUT2D eigenvalue weighted by molar-refractivity contribution is 0.0644. The average molecular weight is 394 g/mol. The van der Waals surface area contributed by atoms with Crippen LogP contribution >= 0.6 is 0 Å². The van der Waals surface area contributed by atoms with E-state index < -0.39 is 0 Å². The molecule has 1 aromatic carbocycles. The first-order valence-electron chi connectivity index (χ1n) is 10.9. The van der Waals surface area contributed by atoms with Crippen LogP contribution in [-0.2, 0) is 6.54 Å². The normalized spacial score (nSPS) is 23.9. The molecule has 1 fully saturated rings. The van der Waals surface area contributed by atoms with Gasteiger partial charge >= 0.3 is 0 Å². The number of nitrogens with one attached hydrogen (secondary N) is 1. The van der Waals surface area contributed by atoms with E-state index in [9.17, 15) is 4.79 Å². The average Bonchev–Trinajstić information content (AvgIpc) is 2.75. The zero-order valence-electron chi connectivity index (χ0n) is 17.1. The van der Waals surface area contributed by atoms with Crippen molar-refractivity contribution in [2.75, 3.05) is 26.2 Å². The van der Waals surface area contributed by atoms with Crippen molar-refractivity contribution in [3.8, 4) is 5.75 Å². The molecule has 1 unspecified atom stereocenters. The molecule has 2 aliphatic rings. The van der Waals surface area contributed by atoms with Crippen molar-refractivity contribution in [2.24, 2.45) is 5.41 Å². The summed E-state index contributed by atoms with van der Waals surface area (Å²) in [4.78, 5) is 19.6. The Bertz CT molecular complexity index is 811. The second-order valence-electron chi connectivity index (χ2n) is 8.51. The molecule has 0 bridgehead atoms. The predicted molar refractivity (Wildman–Crippen MR) is 114 cm³/mol. The molecule has 1 saturated heterocycles. The Kier molecular flexibility index (Phi) is 6.45. The molecule has 1 aromatic heterocycles. The molecule has 2 aromatic rings. The Morgan fingerprint density at radius 3 is 2.76 bits per heavy atom. The lowest BCUT2D eigenvalue weighted by Gasteiger charge is -2.43. The van der Waals surface area contributed by atoms with Crippen molar-refractivity contribution < 1.29 is 9.53 Å². The number of para-hydroxylation sites is 1. The third kappa shape index (κ3) is 5.15. The zero-order chi connectivity index (χ0) is 19.9. The first-order valence-corrected chi connectivity index (χ1v) is 10.9. The molecule has 1 spiro atoms. The number of rotatable bonds is 2. The van der Waals surface area contributed by atoms with E-state index in [0.29, 0.717) is 17.9 Å². The molecule has 5 heteroatoms. The highest BCUT2D eigenvalue weighted by Crippen LogP contribution is 2.36. The highest BCUT2D eigenvalue weighted by molar-refractivity contribution is 5.96. The Morgan fingerprint density at radius 1 is 1.03 bits per heavy atom. The summed E-state index contributed by atoms with van der Waals surface area (Å²) in [7, 11) is 0. The highest BCUT2D eigenvalue weighted by atomic mass is 16.5. The van der Waals surface area contributed by atoms with E-state index in [0.717, 1.165) is 39.0 Å². The van der Waals surface area contributed by atoms with Gasteiger partial charge in [-0.2, -0.15) is 0 Å². The number of hydrogen-bond acceptors (Lipinski definition) is 4. The summed E-state index contributed by atoms with van der Waals surface area (Å²) in [5, 5.41) is 3.25. The fourth-order valence-electron chi connectivity index (χ4n) is 4.73. The van der Waals surface area contributed by atoms with Gasteiger partial charge < -0.3 is 10.1 Å². The molecular weight excluding hydrogens is 362 g/mol. The van der Waals surface area contributed by atoms with Crippen LogP contribution in [-0.4, -0.2) is 42.0 Å². The molecule has 154 valence electrons. The smallest absolute Gasteiger partial charge is 0.255 e. The Hall–Kier alpha value is -2.40. The molecule has 1 amide bonds. The SMILES string of the molecule is O=C1NCC2(CCCCCOc3ccccc31)CCCN(Cc1ccncc1)C2. The summed E-state index contributed by atoms with van der Waals surface area (Å²) in [6.07, 6.45) is 10.6. The van der Waals surface area contributed by atoms with Crippen molar-refractivity contribution in [1.29, 1.82) is 0 Å². The minimum absolute atomic E-state index is 0.0215. The third-order valence-corrected chi connectivity index (χ3v) is 6.26. The second-order valence-corrected chi connectivity index (χ2v) is 8.51. The second kappa shape index (κ2) is 9.40. The molecule has 0 radical (unpaired) electrons.